The van der Waals surface area contributed by atoms with Gasteiger partial charge in [0, 0.05) is 0 Å². The van der Waals surface area contributed by atoms with Gasteiger partial charge in [-0.2, -0.15) is 0 Å². The smallest absolute Gasteiger partial charge is 0.320 e. The minimum absolute atomic E-state index is 0.158. The minimum Gasteiger partial charge on any atom is -0.481 e. The molecule has 124 valence electrons. The predicted molar refractivity (Wildman–Crippen MR) is 92.2 cm³/mol. The summed E-state index contributed by atoms with van der Waals surface area (Å²) in [5.41, 5.74) is 0.835. The summed E-state index contributed by atoms with van der Waals surface area (Å²) in [7, 11) is 0. The van der Waals surface area contributed by atoms with E-state index in [1.807, 2.05) is 31.2 Å². The summed E-state index contributed by atoms with van der Waals surface area (Å²) < 4.78 is 0.483. The molecule has 0 bridgehead atoms. The number of hydrogen-bond donors (Lipinski definition) is 2. The summed E-state index contributed by atoms with van der Waals surface area (Å²) in [6, 6.07) is 7.64. The van der Waals surface area contributed by atoms with Crippen LogP contribution in [-0.4, -0.2) is 31.9 Å². The van der Waals surface area contributed by atoms with Crippen LogP contribution in [0.5, 0.6) is 0 Å². The molecule has 0 radical (unpaired) electrons. The number of carboxylic acid groups (broad SMARTS) is 2. The third-order valence-corrected chi connectivity index (χ3v) is 6.76. The van der Waals surface area contributed by atoms with Gasteiger partial charge in [-0.3, -0.25) is 9.59 Å². The second-order valence-corrected chi connectivity index (χ2v) is 7.91. The number of hydrogen-bond acceptors (Lipinski definition) is 5. The molecule has 5 nitrogen and oxygen atoms in total. The van der Waals surface area contributed by atoms with E-state index in [0.717, 1.165) is 10.2 Å². The number of thioether (sulfide) groups is 1. The van der Waals surface area contributed by atoms with Crippen molar-refractivity contribution >= 4 is 45.3 Å². The molecule has 0 aliphatic carbocycles. The SMILES string of the molecule is CCC(CC(=O)O)C(CC)(Sc1nc2ccccc2s1)C(=O)O. The van der Waals surface area contributed by atoms with Gasteiger partial charge in [-0.25, -0.2) is 4.98 Å². The van der Waals surface area contributed by atoms with Gasteiger partial charge in [0.05, 0.1) is 16.6 Å². The molecule has 2 atom stereocenters. The molecule has 2 unspecified atom stereocenters. The molecule has 0 saturated carbocycles. The summed E-state index contributed by atoms with van der Waals surface area (Å²) in [4.78, 5) is 27.6. The van der Waals surface area contributed by atoms with Crippen LogP contribution in [0.25, 0.3) is 10.2 Å². The normalized spacial score (nSPS) is 15.2. The Hall–Kier alpha value is -1.60. The lowest BCUT2D eigenvalue weighted by Gasteiger charge is -2.33. The van der Waals surface area contributed by atoms with Crippen molar-refractivity contribution in [2.75, 3.05) is 0 Å². The van der Waals surface area contributed by atoms with Crippen molar-refractivity contribution in [3.05, 3.63) is 24.3 Å². The van der Waals surface area contributed by atoms with Gasteiger partial charge in [0.1, 0.15) is 4.75 Å². The first-order chi connectivity index (χ1) is 10.9. The minimum atomic E-state index is -1.18. The number of aliphatic carboxylic acids is 2. The van der Waals surface area contributed by atoms with Gasteiger partial charge < -0.3 is 10.2 Å². The van der Waals surface area contributed by atoms with Gasteiger partial charge in [-0.15, -0.1) is 11.3 Å². The van der Waals surface area contributed by atoms with Crippen LogP contribution in [0.2, 0.25) is 0 Å². The molecule has 2 rings (SSSR count). The Balaban J connectivity index is 2.40. The first-order valence-corrected chi connectivity index (χ1v) is 9.06. The molecule has 0 saturated heterocycles. The van der Waals surface area contributed by atoms with Gasteiger partial charge in [-0.05, 0) is 24.5 Å². The van der Waals surface area contributed by atoms with Crippen LogP contribution in [-0.2, 0) is 9.59 Å². The molecule has 2 aromatic rings. The van der Waals surface area contributed by atoms with E-state index in [0.29, 0.717) is 17.2 Å². The second kappa shape index (κ2) is 7.31. The highest BCUT2D eigenvalue weighted by atomic mass is 32.2. The van der Waals surface area contributed by atoms with Crippen molar-refractivity contribution in [3.8, 4) is 0 Å². The van der Waals surface area contributed by atoms with E-state index >= 15 is 0 Å². The molecule has 0 fully saturated rings. The van der Waals surface area contributed by atoms with Crippen LogP contribution < -0.4 is 0 Å². The zero-order valence-corrected chi connectivity index (χ0v) is 14.6. The molecule has 1 heterocycles. The van der Waals surface area contributed by atoms with Crippen molar-refractivity contribution < 1.29 is 19.8 Å². The first kappa shape index (κ1) is 17.7. The highest BCUT2D eigenvalue weighted by Crippen LogP contribution is 2.46. The van der Waals surface area contributed by atoms with E-state index in [-0.39, 0.29) is 6.42 Å². The van der Waals surface area contributed by atoms with Gasteiger partial charge >= 0.3 is 11.9 Å². The zero-order chi connectivity index (χ0) is 17.0. The Kier molecular flexibility index (Phi) is 5.64. The first-order valence-electron chi connectivity index (χ1n) is 7.42. The second-order valence-electron chi connectivity index (χ2n) is 5.30. The van der Waals surface area contributed by atoms with Gasteiger partial charge in [0.25, 0.3) is 0 Å². The Morgan fingerprint density at radius 1 is 1.30 bits per heavy atom. The van der Waals surface area contributed by atoms with Gasteiger partial charge in [0.2, 0.25) is 0 Å². The van der Waals surface area contributed by atoms with Crippen LogP contribution in [0.15, 0.2) is 28.6 Å². The summed E-state index contributed by atoms with van der Waals surface area (Å²) >= 11 is 2.63. The largest absolute Gasteiger partial charge is 0.481 e. The van der Waals surface area contributed by atoms with Crippen LogP contribution in [0.3, 0.4) is 0 Å². The van der Waals surface area contributed by atoms with Gasteiger partial charge in [0.15, 0.2) is 4.34 Å². The van der Waals surface area contributed by atoms with Crippen LogP contribution in [0.1, 0.15) is 33.1 Å². The molecular weight excluding hydrogens is 334 g/mol. The maximum Gasteiger partial charge on any atom is 0.320 e. The lowest BCUT2D eigenvalue weighted by molar-refractivity contribution is -0.143. The zero-order valence-electron chi connectivity index (χ0n) is 13.0. The molecule has 0 amide bonds. The highest BCUT2D eigenvalue weighted by molar-refractivity contribution is 8.03. The Bertz CT molecular complexity index is 682. The number of aromatic nitrogens is 1. The molecule has 0 aliphatic rings. The van der Waals surface area contributed by atoms with Crippen molar-refractivity contribution in [2.45, 2.75) is 42.2 Å². The quantitative estimate of drug-likeness (QED) is 0.694. The lowest BCUT2D eigenvalue weighted by Crippen LogP contribution is -2.43. The maximum absolute atomic E-state index is 12.0. The number of thiazole rings is 1. The summed E-state index contributed by atoms with van der Waals surface area (Å²) in [5, 5.41) is 19.0. The van der Waals surface area contributed by atoms with Gasteiger partial charge in [-0.1, -0.05) is 44.2 Å². The van der Waals surface area contributed by atoms with Crippen molar-refractivity contribution in [1.82, 2.24) is 4.98 Å². The van der Waals surface area contributed by atoms with Crippen LogP contribution in [0.4, 0.5) is 0 Å². The average Bonchev–Trinajstić information content (AvgIpc) is 2.92. The lowest BCUT2D eigenvalue weighted by atomic mass is 9.84. The van der Waals surface area contributed by atoms with Crippen molar-refractivity contribution in [2.24, 2.45) is 5.92 Å². The Morgan fingerprint density at radius 2 is 2.00 bits per heavy atom. The Morgan fingerprint density at radius 3 is 2.52 bits per heavy atom. The fourth-order valence-corrected chi connectivity index (χ4v) is 5.40. The number of fused-ring (bicyclic) bond motifs is 1. The molecule has 0 spiro atoms. The molecule has 7 heteroatoms. The predicted octanol–water partition coefficient (Wildman–Crippen LogP) is 4.12. The number of carbonyl (C=O) groups is 2. The number of benzene rings is 1. The Labute approximate surface area is 142 Å². The fraction of sp³-hybridized carbons (Fsp3) is 0.438. The molecular formula is C16H19NO4S2. The molecule has 2 N–H and O–H groups in total. The van der Waals surface area contributed by atoms with Crippen molar-refractivity contribution in [1.29, 1.82) is 0 Å². The van der Waals surface area contributed by atoms with Crippen LogP contribution >= 0.6 is 23.1 Å². The summed E-state index contributed by atoms with van der Waals surface area (Å²) in [6.45, 7) is 3.62. The highest BCUT2D eigenvalue weighted by Gasteiger charge is 2.46. The topological polar surface area (TPSA) is 87.5 Å². The monoisotopic (exact) mass is 353 g/mol. The molecule has 0 aliphatic heterocycles. The van der Waals surface area contributed by atoms with E-state index in [4.69, 9.17) is 5.11 Å². The van der Waals surface area contributed by atoms with E-state index in [1.54, 1.807) is 6.92 Å². The fourth-order valence-electron chi connectivity index (χ4n) is 2.71. The molecule has 1 aromatic heterocycles. The van der Waals surface area contributed by atoms with Crippen LogP contribution in [0, 0.1) is 5.92 Å². The standard InChI is InChI=1S/C16H19NO4S2/c1-3-10(9-13(18)19)16(4-2,14(20)21)23-15-17-11-7-5-6-8-12(11)22-15/h5-8,10H,3-4,9H2,1-2H3,(H,18,19)(H,20,21). The third-order valence-electron chi connectivity index (χ3n) is 4.00. The number of rotatable bonds is 8. The maximum atomic E-state index is 12.0. The van der Waals surface area contributed by atoms with Crippen molar-refractivity contribution in [3.63, 3.8) is 0 Å². The number of nitrogens with zero attached hydrogens (tertiary/aromatic N) is 1. The molecule has 1 aromatic carbocycles. The van der Waals surface area contributed by atoms with E-state index in [9.17, 15) is 14.7 Å². The van der Waals surface area contributed by atoms with E-state index in [1.165, 1.54) is 23.1 Å². The van der Waals surface area contributed by atoms with E-state index in [2.05, 4.69) is 4.98 Å². The number of carboxylic acids is 2. The molecule has 23 heavy (non-hydrogen) atoms. The van der Waals surface area contributed by atoms with E-state index < -0.39 is 22.6 Å². The summed E-state index contributed by atoms with van der Waals surface area (Å²) in [6.07, 6.45) is 0.674. The third kappa shape index (κ3) is 3.67. The number of para-hydroxylation sites is 1. The summed E-state index contributed by atoms with van der Waals surface area (Å²) in [5.74, 6) is -2.40. The average molecular weight is 353 g/mol.